The molecule has 0 saturated heterocycles. The number of carbonyl (C=O) groups is 2. The van der Waals surface area contributed by atoms with Gasteiger partial charge in [-0.25, -0.2) is 0 Å². The van der Waals surface area contributed by atoms with Crippen LogP contribution in [0.1, 0.15) is 58.1 Å². The van der Waals surface area contributed by atoms with Gasteiger partial charge in [0.25, 0.3) is 0 Å². The smallest absolute Gasteiger partial charge is 0.246 e. The van der Waals surface area contributed by atoms with Crippen molar-refractivity contribution in [1.29, 1.82) is 0 Å². The van der Waals surface area contributed by atoms with E-state index in [2.05, 4.69) is 35.1 Å². The minimum Gasteiger partial charge on any atom is -0.343 e. The molecule has 2 aromatic rings. The topological polar surface area (TPSA) is 108 Å². The molecule has 0 fully saturated rings. The van der Waals surface area contributed by atoms with Crippen LogP contribution in [0.5, 0.6) is 0 Å². The summed E-state index contributed by atoms with van der Waals surface area (Å²) in [5, 5.41) is 12.7. The highest BCUT2D eigenvalue weighted by atomic mass is 16.2. The van der Waals surface area contributed by atoms with Crippen LogP contribution in [-0.4, -0.2) is 42.5 Å². The van der Waals surface area contributed by atoms with Crippen LogP contribution in [0.4, 0.5) is 5.69 Å². The Bertz CT molecular complexity index is 884. The van der Waals surface area contributed by atoms with Crippen molar-refractivity contribution in [1.82, 2.24) is 16.0 Å². The summed E-state index contributed by atoms with van der Waals surface area (Å²) in [5.41, 5.74) is 8.58. The zero-order valence-electron chi connectivity index (χ0n) is 21.6. The van der Waals surface area contributed by atoms with Crippen molar-refractivity contribution in [2.24, 2.45) is 5.73 Å². The Morgan fingerprint density at radius 1 is 0.800 bits per heavy atom. The Morgan fingerprint density at radius 2 is 1.49 bits per heavy atom. The van der Waals surface area contributed by atoms with Crippen LogP contribution in [0, 0.1) is 0 Å². The van der Waals surface area contributed by atoms with Crippen molar-refractivity contribution in [3.05, 3.63) is 65.7 Å². The molecule has 2 aromatic carbocycles. The Hall–Kier alpha value is -2.74. The summed E-state index contributed by atoms with van der Waals surface area (Å²) in [7, 11) is 0. The fraction of sp³-hybridized carbons (Fsp3) is 0.500. The monoisotopic (exact) mass is 481 g/mol. The maximum Gasteiger partial charge on any atom is 0.246 e. The molecule has 0 aliphatic rings. The van der Waals surface area contributed by atoms with Gasteiger partial charge < -0.3 is 27.0 Å². The molecule has 0 bridgehead atoms. The predicted molar refractivity (Wildman–Crippen MR) is 144 cm³/mol. The number of nitrogens with two attached hydrogens (primary N) is 1. The van der Waals surface area contributed by atoms with E-state index in [1.54, 1.807) is 0 Å². The molecule has 0 spiro atoms. The van der Waals surface area contributed by atoms with Crippen LogP contribution in [-0.2, 0) is 22.6 Å². The van der Waals surface area contributed by atoms with Crippen molar-refractivity contribution < 1.29 is 9.59 Å². The first-order valence-electron chi connectivity index (χ1n) is 12.7. The predicted octanol–water partition coefficient (Wildman–Crippen LogP) is 3.35. The van der Waals surface area contributed by atoms with Crippen LogP contribution in [0.2, 0.25) is 0 Å². The quantitative estimate of drug-likeness (QED) is 0.251. The average Bonchev–Trinajstić information content (AvgIpc) is 2.83. The summed E-state index contributed by atoms with van der Waals surface area (Å²) in [5.74, 6) is -0.392. The minimum atomic E-state index is -0.636. The van der Waals surface area contributed by atoms with Gasteiger partial charge in [0.2, 0.25) is 11.8 Å². The third-order valence-corrected chi connectivity index (χ3v) is 5.65. The number of hydrogen-bond donors (Lipinski definition) is 5. The summed E-state index contributed by atoms with van der Waals surface area (Å²) in [4.78, 5) is 26.4. The van der Waals surface area contributed by atoms with E-state index in [9.17, 15) is 9.59 Å². The third-order valence-electron chi connectivity index (χ3n) is 5.65. The van der Waals surface area contributed by atoms with Gasteiger partial charge in [0.05, 0.1) is 6.04 Å². The molecule has 6 N–H and O–H groups in total. The van der Waals surface area contributed by atoms with E-state index in [1.165, 1.54) is 0 Å². The number of unbranched alkanes of at least 4 members (excludes halogenated alkanes) is 1. The molecular weight excluding hydrogens is 438 g/mol. The Balaban J connectivity index is 2.07. The van der Waals surface area contributed by atoms with Gasteiger partial charge in [-0.1, -0.05) is 70.2 Å². The molecule has 7 nitrogen and oxygen atoms in total. The lowest BCUT2D eigenvalue weighted by Crippen LogP contribution is -2.53. The molecule has 7 heteroatoms. The van der Waals surface area contributed by atoms with Crippen molar-refractivity contribution >= 4 is 17.5 Å². The molecular formula is C28H43N5O2. The maximum atomic E-state index is 13.3. The first-order chi connectivity index (χ1) is 16.8. The molecule has 0 aromatic heterocycles. The highest BCUT2D eigenvalue weighted by Crippen LogP contribution is 2.12. The van der Waals surface area contributed by atoms with Gasteiger partial charge in [-0.05, 0) is 55.5 Å². The number of hydrogen-bond acceptors (Lipinski definition) is 5. The van der Waals surface area contributed by atoms with Gasteiger partial charge in [-0.3, -0.25) is 9.59 Å². The second-order valence-corrected chi connectivity index (χ2v) is 9.63. The molecule has 35 heavy (non-hydrogen) atoms. The summed E-state index contributed by atoms with van der Waals surface area (Å²) < 4.78 is 0. The number of nitrogens with one attached hydrogen (secondary N) is 4. The zero-order chi connectivity index (χ0) is 25.6. The number of benzene rings is 2. The van der Waals surface area contributed by atoms with Crippen molar-refractivity contribution in [2.75, 3.05) is 11.9 Å². The van der Waals surface area contributed by atoms with E-state index in [1.807, 2.05) is 68.4 Å². The molecule has 0 saturated carbocycles. The molecule has 2 atom stereocenters. The van der Waals surface area contributed by atoms with E-state index in [0.29, 0.717) is 31.1 Å². The van der Waals surface area contributed by atoms with Gasteiger partial charge >= 0.3 is 0 Å². The van der Waals surface area contributed by atoms with E-state index >= 15 is 0 Å². The molecule has 2 amide bonds. The lowest BCUT2D eigenvalue weighted by Gasteiger charge is -2.25. The second-order valence-electron chi connectivity index (χ2n) is 9.63. The summed E-state index contributed by atoms with van der Waals surface area (Å²) in [6.07, 6.45) is 2.64. The van der Waals surface area contributed by atoms with Gasteiger partial charge in [-0.15, -0.1) is 0 Å². The summed E-state index contributed by atoms with van der Waals surface area (Å²) >= 11 is 0. The molecule has 0 heterocycles. The van der Waals surface area contributed by atoms with E-state index in [-0.39, 0.29) is 17.9 Å². The van der Waals surface area contributed by atoms with E-state index in [4.69, 9.17) is 5.73 Å². The molecule has 0 aliphatic carbocycles. The van der Waals surface area contributed by atoms with Crippen LogP contribution >= 0.6 is 0 Å². The average molecular weight is 482 g/mol. The van der Waals surface area contributed by atoms with Crippen molar-refractivity contribution in [2.45, 2.75) is 84.1 Å². The van der Waals surface area contributed by atoms with Gasteiger partial charge in [0.15, 0.2) is 0 Å². The normalized spacial score (nSPS) is 13.0. The largest absolute Gasteiger partial charge is 0.343 e. The van der Waals surface area contributed by atoms with E-state index < -0.39 is 12.1 Å². The lowest BCUT2D eigenvalue weighted by molar-refractivity contribution is -0.128. The van der Waals surface area contributed by atoms with Gasteiger partial charge in [0, 0.05) is 24.3 Å². The molecule has 2 rings (SSSR count). The second kappa shape index (κ2) is 15.3. The summed E-state index contributed by atoms with van der Waals surface area (Å²) in [6, 6.07) is 17.1. The SMILES string of the molecule is CC(C)NCc1ccc(NC(=O)[C@H](CCCCN)NC(=O)[C@H](Cc2ccccc2)NC(C)C)cc1. The number of carbonyl (C=O) groups excluding carboxylic acids is 2. The van der Waals surface area contributed by atoms with Crippen LogP contribution < -0.4 is 27.0 Å². The third kappa shape index (κ3) is 11.0. The van der Waals surface area contributed by atoms with Crippen molar-refractivity contribution in [3.63, 3.8) is 0 Å². The minimum absolute atomic E-state index is 0.127. The van der Waals surface area contributed by atoms with Crippen LogP contribution in [0.3, 0.4) is 0 Å². The molecule has 192 valence electrons. The first-order valence-corrected chi connectivity index (χ1v) is 12.7. The van der Waals surface area contributed by atoms with E-state index in [0.717, 1.165) is 30.5 Å². The molecule has 0 aliphatic heterocycles. The van der Waals surface area contributed by atoms with Gasteiger partial charge in [0.1, 0.15) is 6.04 Å². The number of amides is 2. The highest BCUT2D eigenvalue weighted by molar-refractivity contribution is 5.97. The fourth-order valence-corrected chi connectivity index (χ4v) is 3.77. The van der Waals surface area contributed by atoms with Crippen LogP contribution in [0.15, 0.2) is 54.6 Å². The number of rotatable bonds is 15. The van der Waals surface area contributed by atoms with Crippen LogP contribution in [0.25, 0.3) is 0 Å². The Labute approximate surface area is 210 Å². The fourth-order valence-electron chi connectivity index (χ4n) is 3.77. The number of anilines is 1. The molecule has 0 unspecified atom stereocenters. The highest BCUT2D eigenvalue weighted by Gasteiger charge is 2.26. The summed E-state index contributed by atoms with van der Waals surface area (Å²) in [6.45, 7) is 9.56. The lowest BCUT2D eigenvalue weighted by atomic mass is 10.0. The Morgan fingerprint density at radius 3 is 2.09 bits per heavy atom. The van der Waals surface area contributed by atoms with Crippen molar-refractivity contribution in [3.8, 4) is 0 Å². The zero-order valence-corrected chi connectivity index (χ0v) is 21.6. The molecule has 0 radical (unpaired) electrons. The standard InChI is InChI=1S/C28H43N5O2/c1-20(2)30-19-23-13-15-24(16-14-23)32-27(34)25(12-8-9-17-29)33-28(35)26(31-21(3)4)18-22-10-6-5-7-11-22/h5-7,10-11,13-16,20-21,25-26,30-31H,8-9,12,17-19,29H2,1-4H3,(H,32,34)(H,33,35)/t25-,26-/m0/s1. The first kappa shape index (κ1) is 28.5. The van der Waals surface area contributed by atoms with Gasteiger partial charge in [-0.2, -0.15) is 0 Å². The Kier molecular flexibility index (Phi) is 12.5. The maximum absolute atomic E-state index is 13.3.